The van der Waals surface area contributed by atoms with Gasteiger partial charge in [0.05, 0.1) is 6.61 Å². The van der Waals surface area contributed by atoms with E-state index in [1.807, 2.05) is 24.3 Å². The smallest absolute Gasteiger partial charge is 0.119 e. The molecule has 0 aromatic heterocycles. The molecule has 1 aromatic rings. The predicted molar refractivity (Wildman–Crippen MR) is 91.5 cm³/mol. The third-order valence-electron chi connectivity index (χ3n) is 3.58. The lowest BCUT2D eigenvalue weighted by Gasteiger charge is -2.06. The summed E-state index contributed by atoms with van der Waals surface area (Å²) in [5.41, 5.74) is 0. The molecule has 0 saturated heterocycles. The van der Waals surface area contributed by atoms with Gasteiger partial charge in [0.1, 0.15) is 5.75 Å². The van der Waals surface area contributed by atoms with Crippen LogP contribution in [0.1, 0.15) is 71.1 Å². The molecule has 0 aliphatic carbocycles. The molecular formula is C18H29BrO. The Labute approximate surface area is 133 Å². The van der Waals surface area contributed by atoms with Crippen molar-refractivity contribution in [3.05, 3.63) is 28.7 Å². The van der Waals surface area contributed by atoms with E-state index in [1.165, 1.54) is 64.2 Å². The first-order chi connectivity index (χ1) is 9.83. The molecule has 0 amide bonds. The second kappa shape index (κ2) is 12.3. The minimum absolute atomic E-state index is 0.845. The van der Waals surface area contributed by atoms with Crippen LogP contribution in [0.3, 0.4) is 0 Å². The van der Waals surface area contributed by atoms with E-state index < -0.39 is 0 Å². The molecule has 0 radical (unpaired) electrons. The second-order valence-electron chi connectivity index (χ2n) is 5.48. The largest absolute Gasteiger partial charge is 0.494 e. The number of benzene rings is 1. The maximum Gasteiger partial charge on any atom is 0.119 e. The first-order valence-corrected chi connectivity index (χ1v) is 9.00. The van der Waals surface area contributed by atoms with Gasteiger partial charge in [-0.3, -0.25) is 0 Å². The van der Waals surface area contributed by atoms with E-state index in [1.54, 1.807) is 0 Å². The van der Waals surface area contributed by atoms with Crippen LogP contribution in [0.25, 0.3) is 0 Å². The number of unbranched alkanes of at least 4 members (excludes halogenated alkanes) is 9. The summed E-state index contributed by atoms with van der Waals surface area (Å²) in [5, 5.41) is 0. The number of halogens is 1. The number of ether oxygens (including phenoxy) is 1. The Kier molecular flexibility index (Phi) is 10.8. The fourth-order valence-corrected chi connectivity index (χ4v) is 2.57. The van der Waals surface area contributed by atoms with Crippen LogP contribution in [-0.2, 0) is 0 Å². The van der Waals surface area contributed by atoms with Crippen LogP contribution in [-0.4, -0.2) is 6.61 Å². The molecule has 20 heavy (non-hydrogen) atoms. The van der Waals surface area contributed by atoms with Gasteiger partial charge < -0.3 is 4.74 Å². The lowest BCUT2D eigenvalue weighted by atomic mass is 10.1. The third kappa shape index (κ3) is 9.41. The number of rotatable bonds is 12. The van der Waals surface area contributed by atoms with Crippen LogP contribution in [0.5, 0.6) is 5.75 Å². The summed E-state index contributed by atoms with van der Waals surface area (Å²) < 4.78 is 6.81. The van der Waals surface area contributed by atoms with Crippen LogP contribution in [0.4, 0.5) is 0 Å². The zero-order chi connectivity index (χ0) is 14.5. The van der Waals surface area contributed by atoms with Crippen molar-refractivity contribution < 1.29 is 4.74 Å². The highest BCUT2D eigenvalue weighted by Crippen LogP contribution is 2.16. The van der Waals surface area contributed by atoms with Crippen molar-refractivity contribution in [1.82, 2.24) is 0 Å². The number of hydrogen-bond donors (Lipinski definition) is 0. The summed E-state index contributed by atoms with van der Waals surface area (Å²) in [5.74, 6) is 0.976. The summed E-state index contributed by atoms with van der Waals surface area (Å²) in [6, 6.07) is 8.07. The number of hydrogen-bond acceptors (Lipinski definition) is 1. The van der Waals surface area contributed by atoms with Gasteiger partial charge >= 0.3 is 0 Å². The average molecular weight is 341 g/mol. The topological polar surface area (TPSA) is 9.23 Å². The van der Waals surface area contributed by atoms with Crippen molar-refractivity contribution in [2.24, 2.45) is 0 Å². The summed E-state index contributed by atoms with van der Waals surface area (Å²) >= 11 is 3.43. The van der Waals surface area contributed by atoms with Gasteiger partial charge in [-0.25, -0.2) is 0 Å². The molecule has 0 aliphatic rings. The monoisotopic (exact) mass is 340 g/mol. The van der Waals surface area contributed by atoms with Gasteiger partial charge in [0, 0.05) is 4.47 Å². The Morgan fingerprint density at radius 3 is 1.80 bits per heavy atom. The highest BCUT2D eigenvalue weighted by Gasteiger charge is 1.95. The van der Waals surface area contributed by atoms with Crippen molar-refractivity contribution in [3.8, 4) is 5.75 Å². The Morgan fingerprint density at radius 2 is 1.25 bits per heavy atom. The molecule has 0 unspecified atom stereocenters. The molecule has 0 heterocycles. The van der Waals surface area contributed by atoms with Crippen molar-refractivity contribution >= 4 is 15.9 Å². The van der Waals surface area contributed by atoms with Gasteiger partial charge in [0.2, 0.25) is 0 Å². The van der Waals surface area contributed by atoms with E-state index >= 15 is 0 Å². The van der Waals surface area contributed by atoms with Crippen molar-refractivity contribution in [2.75, 3.05) is 6.61 Å². The molecule has 0 aliphatic heterocycles. The average Bonchev–Trinajstić information content (AvgIpc) is 2.47. The molecule has 1 rings (SSSR count). The van der Waals surface area contributed by atoms with Gasteiger partial charge in [-0.2, -0.15) is 0 Å². The molecule has 0 atom stereocenters. The zero-order valence-electron chi connectivity index (χ0n) is 12.9. The standard InChI is InChI=1S/C18H29BrO/c1-2-3-4-5-6-7-8-9-10-11-16-20-18-14-12-17(19)13-15-18/h12-15H,2-11,16H2,1H3. The van der Waals surface area contributed by atoms with E-state index in [0.717, 1.165) is 16.8 Å². The van der Waals surface area contributed by atoms with Crippen molar-refractivity contribution in [2.45, 2.75) is 71.1 Å². The van der Waals surface area contributed by atoms with Gasteiger partial charge in [-0.15, -0.1) is 0 Å². The van der Waals surface area contributed by atoms with Gasteiger partial charge in [0.15, 0.2) is 0 Å². The van der Waals surface area contributed by atoms with Crippen molar-refractivity contribution in [1.29, 1.82) is 0 Å². The SMILES string of the molecule is CCCCCCCCCCCCOc1ccc(Br)cc1. The summed E-state index contributed by atoms with van der Waals surface area (Å²) in [4.78, 5) is 0. The summed E-state index contributed by atoms with van der Waals surface area (Å²) in [6.45, 7) is 3.12. The van der Waals surface area contributed by atoms with E-state index in [4.69, 9.17) is 4.74 Å². The van der Waals surface area contributed by atoms with Crippen LogP contribution in [0, 0.1) is 0 Å². The quantitative estimate of drug-likeness (QED) is 0.382. The van der Waals surface area contributed by atoms with Crippen LogP contribution in [0.2, 0.25) is 0 Å². The van der Waals surface area contributed by atoms with Gasteiger partial charge in [-0.1, -0.05) is 80.6 Å². The summed E-state index contributed by atoms with van der Waals surface area (Å²) in [7, 11) is 0. The van der Waals surface area contributed by atoms with Crippen LogP contribution in [0.15, 0.2) is 28.7 Å². The first kappa shape index (κ1) is 17.6. The first-order valence-electron chi connectivity index (χ1n) is 8.21. The Bertz CT molecular complexity index is 321. The molecule has 2 heteroatoms. The molecule has 0 spiro atoms. The maximum atomic E-state index is 5.71. The maximum absolute atomic E-state index is 5.71. The van der Waals surface area contributed by atoms with Gasteiger partial charge in [0.25, 0.3) is 0 Å². The summed E-state index contributed by atoms with van der Waals surface area (Å²) in [6.07, 6.45) is 13.7. The van der Waals surface area contributed by atoms with Crippen LogP contribution >= 0.6 is 15.9 Å². The lowest BCUT2D eigenvalue weighted by Crippen LogP contribution is -1.97. The minimum Gasteiger partial charge on any atom is -0.494 e. The van der Waals surface area contributed by atoms with E-state index in [9.17, 15) is 0 Å². The predicted octanol–water partition coefficient (Wildman–Crippen LogP) is 6.75. The Morgan fingerprint density at radius 1 is 0.750 bits per heavy atom. The normalized spacial score (nSPS) is 10.7. The molecule has 114 valence electrons. The second-order valence-corrected chi connectivity index (χ2v) is 6.40. The lowest BCUT2D eigenvalue weighted by molar-refractivity contribution is 0.304. The molecule has 0 bridgehead atoms. The third-order valence-corrected chi connectivity index (χ3v) is 4.11. The molecule has 1 aromatic carbocycles. The van der Waals surface area contributed by atoms with E-state index in [-0.39, 0.29) is 0 Å². The molecule has 1 nitrogen and oxygen atoms in total. The molecule has 0 N–H and O–H groups in total. The zero-order valence-corrected chi connectivity index (χ0v) is 14.5. The Hall–Kier alpha value is -0.500. The fourth-order valence-electron chi connectivity index (χ4n) is 2.31. The minimum atomic E-state index is 0.845. The highest BCUT2D eigenvalue weighted by atomic mass is 79.9. The molecule has 0 fully saturated rings. The van der Waals surface area contributed by atoms with E-state index in [2.05, 4.69) is 22.9 Å². The van der Waals surface area contributed by atoms with Crippen LogP contribution < -0.4 is 4.74 Å². The fraction of sp³-hybridized carbons (Fsp3) is 0.667. The van der Waals surface area contributed by atoms with E-state index in [0.29, 0.717) is 0 Å². The van der Waals surface area contributed by atoms with Crippen molar-refractivity contribution in [3.63, 3.8) is 0 Å². The highest BCUT2D eigenvalue weighted by molar-refractivity contribution is 9.10. The van der Waals surface area contributed by atoms with Gasteiger partial charge in [-0.05, 0) is 30.7 Å². The molecular weight excluding hydrogens is 312 g/mol. The molecule has 0 saturated carbocycles. The Balaban J connectivity index is 1.84.